The zero-order chi connectivity index (χ0) is 17.1. The number of hydrogen-bond donors (Lipinski definition) is 2. The predicted octanol–water partition coefficient (Wildman–Crippen LogP) is 0.915. The van der Waals surface area contributed by atoms with Crippen LogP contribution in [-0.2, 0) is 9.59 Å². The topological polar surface area (TPSA) is 91.7 Å². The average Bonchev–Trinajstić information content (AvgIpc) is 3.22. The Morgan fingerprint density at radius 1 is 1.29 bits per heavy atom. The van der Waals surface area contributed by atoms with Crippen LogP contribution in [0.25, 0.3) is 0 Å². The third kappa shape index (κ3) is 3.96. The molecule has 1 aromatic heterocycles. The van der Waals surface area contributed by atoms with E-state index < -0.39 is 11.9 Å². The van der Waals surface area contributed by atoms with Gasteiger partial charge in [-0.05, 0) is 44.7 Å². The highest BCUT2D eigenvalue weighted by molar-refractivity contribution is 5.95. The van der Waals surface area contributed by atoms with E-state index in [0.29, 0.717) is 19.1 Å². The molecule has 2 heterocycles. The first-order valence-electron chi connectivity index (χ1n) is 8.48. The Hall–Kier alpha value is -2.31. The van der Waals surface area contributed by atoms with Crippen LogP contribution < -0.4 is 10.6 Å². The van der Waals surface area contributed by atoms with Crippen LogP contribution in [0.2, 0.25) is 0 Å². The zero-order valence-corrected chi connectivity index (χ0v) is 13.8. The van der Waals surface area contributed by atoms with Crippen LogP contribution in [0, 0.1) is 5.92 Å². The Morgan fingerprint density at radius 2 is 2.08 bits per heavy atom. The summed E-state index contributed by atoms with van der Waals surface area (Å²) in [4.78, 5) is 38.4. The number of hydrogen-bond acceptors (Lipinski definition) is 4. The summed E-state index contributed by atoms with van der Waals surface area (Å²) in [5.74, 6) is -0.520. The molecule has 1 saturated carbocycles. The monoisotopic (exact) mass is 333 g/mol. The Bertz CT molecular complexity index is 609. The minimum atomic E-state index is -0.659. The molecular weight excluding hydrogens is 310 g/mol. The molecular formula is C17H23N3O4. The van der Waals surface area contributed by atoms with E-state index in [9.17, 15) is 14.4 Å². The fourth-order valence-electron chi connectivity index (χ4n) is 2.95. The van der Waals surface area contributed by atoms with Crippen molar-refractivity contribution in [3.8, 4) is 0 Å². The summed E-state index contributed by atoms with van der Waals surface area (Å²) in [6.07, 6.45) is 5.12. The van der Waals surface area contributed by atoms with Crippen LogP contribution in [0.4, 0.5) is 0 Å². The molecule has 7 nitrogen and oxygen atoms in total. The molecule has 2 atom stereocenters. The van der Waals surface area contributed by atoms with E-state index in [-0.39, 0.29) is 23.5 Å². The molecule has 3 amide bonds. The molecule has 7 heteroatoms. The Balaban J connectivity index is 1.53. The standard InChI is InChI=1S/C17H23N3O4/c1-11(18-16(22)14-5-3-9-24-14)17(23)20-8-2-4-12(10-20)15(21)19-13-6-7-13/h3,5,9,11-13H,2,4,6-8,10H2,1H3,(H,18,22)(H,19,21). The average molecular weight is 333 g/mol. The lowest BCUT2D eigenvalue weighted by atomic mass is 9.96. The molecule has 1 saturated heterocycles. The summed E-state index contributed by atoms with van der Waals surface area (Å²) in [6, 6.07) is 2.84. The molecule has 2 fully saturated rings. The number of carbonyl (C=O) groups is 3. The molecule has 0 spiro atoms. The van der Waals surface area contributed by atoms with Crippen LogP contribution in [0.15, 0.2) is 22.8 Å². The molecule has 24 heavy (non-hydrogen) atoms. The summed E-state index contributed by atoms with van der Waals surface area (Å²) in [5, 5.41) is 5.65. The molecule has 1 aliphatic carbocycles. The maximum absolute atomic E-state index is 12.6. The number of furan rings is 1. The lowest BCUT2D eigenvalue weighted by Crippen LogP contribution is -2.52. The Kier molecular flexibility index (Phi) is 4.87. The van der Waals surface area contributed by atoms with Gasteiger partial charge in [-0.1, -0.05) is 0 Å². The normalized spacial score (nSPS) is 21.9. The van der Waals surface area contributed by atoms with E-state index in [0.717, 1.165) is 25.7 Å². The van der Waals surface area contributed by atoms with Crippen molar-refractivity contribution in [2.45, 2.75) is 44.7 Å². The van der Waals surface area contributed by atoms with Gasteiger partial charge in [0.2, 0.25) is 11.8 Å². The van der Waals surface area contributed by atoms with Crippen molar-refractivity contribution in [1.82, 2.24) is 15.5 Å². The van der Waals surface area contributed by atoms with Crippen LogP contribution in [0.3, 0.4) is 0 Å². The van der Waals surface area contributed by atoms with Crippen molar-refractivity contribution in [2.24, 2.45) is 5.92 Å². The molecule has 2 unspecified atom stereocenters. The zero-order valence-electron chi connectivity index (χ0n) is 13.8. The second-order valence-corrected chi connectivity index (χ2v) is 6.58. The molecule has 2 N–H and O–H groups in total. The lowest BCUT2D eigenvalue weighted by molar-refractivity contribution is -0.137. The van der Waals surface area contributed by atoms with Gasteiger partial charge in [0.25, 0.3) is 5.91 Å². The summed E-state index contributed by atoms with van der Waals surface area (Å²) < 4.78 is 5.02. The Morgan fingerprint density at radius 3 is 2.75 bits per heavy atom. The van der Waals surface area contributed by atoms with Gasteiger partial charge in [0, 0.05) is 19.1 Å². The number of carbonyl (C=O) groups excluding carboxylic acids is 3. The lowest BCUT2D eigenvalue weighted by Gasteiger charge is -2.33. The maximum Gasteiger partial charge on any atom is 0.287 e. The van der Waals surface area contributed by atoms with Crippen molar-refractivity contribution in [2.75, 3.05) is 13.1 Å². The van der Waals surface area contributed by atoms with Crippen LogP contribution in [0.1, 0.15) is 43.2 Å². The second kappa shape index (κ2) is 7.07. The molecule has 0 bridgehead atoms. The van der Waals surface area contributed by atoms with Crippen molar-refractivity contribution in [3.05, 3.63) is 24.2 Å². The molecule has 2 aliphatic rings. The van der Waals surface area contributed by atoms with Crippen molar-refractivity contribution in [3.63, 3.8) is 0 Å². The van der Waals surface area contributed by atoms with Crippen molar-refractivity contribution in [1.29, 1.82) is 0 Å². The molecule has 0 aromatic carbocycles. The fourth-order valence-corrected chi connectivity index (χ4v) is 2.95. The molecule has 130 valence electrons. The van der Waals surface area contributed by atoms with E-state index in [4.69, 9.17) is 4.42 Å². The maximum atomic E-state index is 12.6. The van der Waals surface area contributed by atoms with Gasteiger partial charge in [-0.25, -0.2) is 0 Å². The van der Waals surface area contributed by atoms with Gasteiger partial charge in [0.1, 0.15) is 6.04 Å². The fraction of sp³-hybridized carbons (Fsp3) is 0.588. The Labute approximate surface area is 140 Å². The van der Waals surface area contributed by atoms with Gasteiger partial charge in [-0.3, -0.25) is 14.4 Å². The van der Waals surface area contributed by atoms with Crippen LogP contribution >= 0.6 is 0 Å². The second-order valence-electron chi connectivity index (χ2n) is 6.58. The van der Waals surface area contributed by atoms with Gasteiger partial charge in [0.15, 0.2) is 5.76 Å². The van der Waals surface area contributed by atoms with E-state index in [1.807, 2.05) is 0 Å². The number of rotatable bonds is 5. The smallest absolute Gasteiger partial charge is 0.287 e. The molecule has 0 radical (unpaired) electrons. The summed E-state index contributed by atoms with van der Waals surface area (Å²) in [5.41, 5.74) is 0. The third-order valence-electron chi connectivity index (χ3n) is 4.49. The first kappa shape index (κ1) is 16.5. The molecule has 1 aliphatic heterocycles. The molecule has 3 rings (SSSR count). The van der Waals surface area contributed by atoms with E-state index in [1.54, 1.807) is 24.0 Å². The first-order chi connectivity index (χ1) is 11.5. The summed E-state index contributed by atoms with van der Waals surface area (Å²) in [6.45, 7) is 2.68. The highest BCUT2D eigenvalue weighted by Crippen LogP contribution is 2.22. The van der Waals surface area contributed by atoms with Crippen LogP contribution in [0.5, 0.6) is 0 Å². The van der Waals surface area contributed by atoms with Gasteiger partial charge >= 0.3 is 0 Å². The number of likely N-dealkylation sites (tertiary alicyclic amines) is 1. The third-order valence-corrected chi connectivity index (χ3v) is 4.49. The number of piperidine rings is 1. The summed E-state index contributed by atoms with van der Waals surface area (Å²) >= 11 is 0. The highest BCUT2D eigenvalue weighted by atomic mass is 16.3. The van der Waals surface area contributed by atoms with Gasteiger partial charge in [0.05, 0.1) is 12.2 Å². The van der Waals surface area contributed by atoms with Crippen LogP contribution in [-0.4, -0.2) is 47.8 Å². The van der Waals surface area contributed by atoms with Crippen molar-refractivity contribution < 1.29 is 18.8 Å². The minimum absolute atomic E-state index is 0.0438. The largest absolute Gasteiger partial charge is 0.459 e. The number of amides is 3. The quantitative estimate of drug-likeness (QED) is 0.838. The number of nitrogens with zero attached hydrogens (tertiary/aromatic N) is 1. The van der Waals surface area contributed by atoms with E-state index in [1.165, 1.54) is 6.26 Å². The minimum Gasteiger partial charge on any atom is -0.459 e. The highest BCUT2D eigenvalue weighted by Gasteiger charge is 2.33. The molecule has 1 aromatic rings. The number of nitrogens with one attached hydrogen (secondary N) is 2. The predicted molar refractivity (Wildman–Crippen MR) is 86.1 cm³/mol. The van der Waals surface area contributed by atoms with E-state index in [2.05, 4.69) is 10.6 Å². The van der Waals surface area contributed by atoms with Gasteiger partial charge in [-0.2, -0.15) is 0 Å². The summed E-state index contributed by atoms with van der Waals surface area (Å²) in [7, 11) is 0. The van der Waals surface area contributed by atoms with Gasteiger partial charge < -0.3 is 20.0 Å². The van der Waals surface area contributed by atoms with Crippen molar-refractivity contribution >= 4 is 17.7 Å². The van der Waals surface area contributed by atoms with Gasteiger partial charge in [-0.15, -0.1) is 0 Å². The first-order valence-corrected chi connectivity index (χ1v) is 8.48. The van der Waals surface area contributed by atoms with E-state index >= 15 is 0 Å². The SMILES string of the molecule is CC(NC(=O)c1ccco1)C(=O)N1CCCC(C(=O)NC2CC2)C1.